The van der Waals surface area contributed by atoms with E-state index in [-0.39, 0.29) is 54.4 Å². The maximum atomic E-state index is 12.5. The van der Waals surface area contributed by atoms with E-state index in [1.807, 2.05) is 30.3 Å². The van der Waals surface area contributed by atoms with Gasteiger partial charge in [-0.3, -0.25) is 19.3 Å². The highest BCUT2D eigenvalue weighted by Crippen LogP contribution is 2.52. The normalized spacial score (nSPS) is 29.4. The van der Waals surface area contributed by atoms with Crippen molar-refractivity contribution in [2.45, 2.75) is 19.3 Å². The van der Waals surface area contributed by atoms with Crippen LogP contribution in [0.15, 0.2) is 42.5 Å². The molecule has 130 valence electrons. The Morgan fingerprint density at radius 2 is 1.68 bits per heavy atom. The first-order valence-corrected chi connectivity index (χ1v) is 8.99. The molecule has 0 radical (unpaired) electrons. The third kappa shape index (κ3) is 2.88. The zero-order valence-corrected chi connectivity index (χ0v) is 14.1. The summed E-state index contributed by atoms with van der Waals surface area (Å²) >= 11 is 0. The van der Waals surface area contributed by atoms with Crippen LogP contribution >= 0.6 is 0 Å². The number of carbonyl (C=O) groups excluding carboxylic acids is 3. The molecule has 3 amide bonds. The second kappa shape index (κ2) is 6.47. The molecule has 1 heterocycles. The SMILES string of the molecule is O=C(CCN1C(=O)[C@@H]2[C@@H](C1=O)[C@H]1C=C[C@H]2C1)NCCc1ccccc1. The lowest BCUT2D eigenvalue weighted by atomic mass is 9.85. The largest absolute Gasteiger partial charge is 0.356 e. The molecule has 2 bridgehead atoms. The molecule has 5 nitrogen and oxygen atoms in total. The molecule has 0 aromatic heterocycles. The van der Waals surface area contributed by atoms with Gasteiger partial charge in [-0.05, 0) is 30.2 Å². The summed E-state index contributed by atoms with van der Waals surface area (Å²) in [7, 11) is 0. The molecule has 1 saturated carbocycles. The molecular weight excluding hydrogens is 316 g/mol. The van der Waals surface area contributed by atoms with E-state index in [1.165, 1.54) is 10.5 Å². The first-order valence-electron chi connectivity index (χ1n) is 8.99. The monoisotopic (exact) mass is 338 g/mol. The van der Waals surface area contributed by atoms with Gasteiger partial charge in [-0.25, -0.2) is 0 Å². The molecule has 3 aliphatic rings. The van der Waals surface area contributed by atoms with Gasteiger partial charge in [0.25, 0.3) is 0 Å². The van der Waals surface area contributed by atoms with Crippen LogP contribution in [-0.2, 0) is 20.8 Å². The number of fused-ring (bicyclic) bond motifs is 5. The van der Waals surface area contributed by atoms with Crippen LogP contribution in [0.3, 0.4) is 0 Å². The number of benzene rings is 1. The maximum Gasteiger partial charge on any atom is 0.233 e. The third-order valence-corrected chi connectivity index (χ3v) is 5.70. The number of allylic oxidation sites excluding steroid dienone is 2. The van der Waals surface area contributed by atoms with Gasteiger partial charge in [-0.1, -0.05) is 42.5 Å². The Hall–Kier alpha value is -2.43. The van der Waals surface area contributed by atoms with E-state index in [2.05, 4.69) is 17.5 Å². The van der Waals surface area contributed by atoms with Crippen LogP contribution in [-0.4, -0.2) is 35.7 Å². The van der Waals surface area contributed by atoms with E-state index < -0.39 is 0 Å². The Labute approximate surface area is 147 Å². The Kier molecular flexibility index (Phi) is 4.15. The van der Waals surface area contributed by atoms with Crippen molar-refractivity contribution in [3.8, 4) is 0 Å². The van der Waals surface area contributed by atoms with Crippen LogP contribution in [0.25, 0.3) is 0 Å². The van der Waals surface area contributed by atoms with Crippen molar-refractivity contribution in [3.63, 3.8) is 0 Å². The van der Waals surface area contributed by atoms with Crippen LogP contribution in [0.2, 0.25) is 0 Å². The molecule has 1 aromatic rings. The zero-order chi connectivity index (χ0) is 17.4. The van der Waals surface area contributed by atoms with E-state index in [1.54, 1.807) is 0 Å². The quantitative estimate of drug-likeness (QED) is 0.632. The van der Waals surface area contributed by atoms with Gasteiger partial charge in [-0.2, -0.15) is 0 Å². The van der Waals surface area contributed by atoms with Crippen molar-refractivity contribution in [3.05, 3.63) is 48.0 Å². The molecule has 5 heteroatoms. The van der Waals surface area contributed by atoms with Crippen molar-refractivity contribution in [2.75, 3.05) is 13.1 Å². The number of nitrogens with one attached hydrogen (secondary N) is 1. The van der Waals surface area contributed by atoms with Crippen molar-refractivity contribution >= 4 is 17.7 Å². The topological polar surface area (TPSA) is 66.5 Å². The van der Waals surface area contributed by atoms with Gasteiger partial charge in [0, 0.05) is 19.5 Å². The van der Waals surface area contributed by atoms with Gasteiger partial charge in [0.1, 0.15) is 0 Å². The molecule has 1 N–H and O–H groups in total. The summed E-state index contributed by atoms with van der Waals surface area (Å²) < 4.78 is 0. The summed E-state index contributed by atoms with van der Waals surface area (Å²) in [5.41, 5.74) is 1.17. The van der Waals surface area contributed by atoms with Crippen LogP contribution in [0, 0.1) is 23.7 Å². The molecule has 1 saturated heterocycles. The fourth-order valence-electron chi connectivity index (χ4n) is 4.48. The minimum atomic E-state index is -0.177. The average Bonchev–Trinajstić information content (AvgIpc) is 3.29. The molecule has 2 fully saturated rings. The number of likely N-dealkylation sites (tertiary alicyclic amines) is 1. The van der Waals surface area contributed by atoms with E-state index in [9.17, 15) is 14.4 Å². The highest BCUT2D eigenvalue weighted by molar-refractivity contribution is 6.06. The van der Waals surface area contributed by atoms with Gasteiger partial charge in [-0.15, -0.1) is 0 Å². The molecule has 2 aliphatic carbocycles. The average molecular weight is 338 g/mol. The summed E-state index contributed by atoms with van der Waals surface area (Å²) in [6.45, 7) is 0.755. The number of hydrogen-bond acceptors (Lipinski definition) is 3. The summed E-state index contributed by atoms with van der Waals surface area (Å²) in [5, 5.41) is 2.86. The van der Waals surface area contributed by atoms with Crippen molar-refractivity contribution < 1.29 is 14.4 Å². The van der Waals surface area contributed by atoms with Gasteiger partial charge in [0.15, 0.2) is 0 Å². The lowest BCUT2D eigenvalue weighted by Crippen LogP contribution is -2.37. The predicted molar refractivity (Wildman–Crippen MR) is 92.2 cm³/mol. The van der Waals surface area contributed by atoms with Crippen LogP contribution < -0.4 is 5.32 Å². The fourth-order valence-corrected chi connectivity index (χ4v) is 4.48. The molecule has 0 unspecified atom stereocenters. The first-order chi connectivity index (χ1) is 12.1. The molecule has 1 aromatic carbocycles. The number of imide groups is 1. The second-order valence-electron chi connectivity index (χ2n) is 7.16. The van der Waals surface area contributed by atoms with Crippen LogP contribution in [0.1, 0.15) is 18.4 Å². The van der Waals surface area contributed by atoms with E-state index in [4.69, 9.17) is 0 Å². The van der Waals surface area contributed by atoms with Crippen LogP contribution in [0.5, 0.6) is 0 Å². The van der Waals surface area contributed by atoms with Gasteiger partial charge < -0.3 is 5.32 Å². The number of hydrogen-bond donors (Lipinski definition) is 1. The Balaban J connectivity index is 1.25. The molecular formula is C20H22N2O3. The van der Waals surface area contributed by atoms with Crippen molar-refractivity contribution in [1.29, 1.82) is 0 Å². The number of nitrogens with zero attached hydrogens (tertiary/aromatic N) is 1. The lowest BCUT2D eigenvalue weighted by Gasteiger charge is -2.16. The van der Waals surface area contributed by atoms with Crippen LogP contribution in [0.4, 0.5) is 0 Å². The van der Waals surface area contributed by atoms with E-state index in [0.29, 0.717) is 6.54 Å². The standard InChI is InChI=1S/C20H22N2O3/c23-16(21-10-8-13-4-2-1-3-5-13)9-11-22-19(24)17-14-6-7-15(12-14)18(17)20(22)25/h1-7,14-15,17-18H,8-12H2,(H,21,23)/t14-,15-,17-,18-/m0/s1. The molecule has 1 aliphatic heterocycles. The first kappa shape index (κ1) is 16.1. The fraction of sp³-hybridized carbons (Fsp3) is 0.450. The highest BCUT2D eigenvalue weighted by Gasteiger charge is 2.58. The van der Waals surface area contributed by atoms with Crippen molar-refractivity contribution in [1.82, 2.24) is 10.2 Å². The summed E-state index contributed by atoms with van der Waals surface area (Å²) in [6, 6.07) is 9.95. The number of carbonyl (C=O) groups is 3. The molecule has 0 spiro atoms. The second-order valence-corrected chi connectivity index (χ2v) is 7.16. The summed E-state index contributed by atoms with van der Waals surface area (Å²) in [5.74, 6) is -0.192. The minimum absolute atomic E-state index is 0.0797. The predicted octanol–water partition coefficient (Wildman–Crippen LogP) is 1.54. The number of amides is 3. The Bertz CT molecular complexity index is 698. The van der Waals surface area contributed by atoms with Crippen molar-refractivity contribution in [2.24, 2.45) is 23.7 Å². The Morgan fingerprint density at radius 1 is 1.04 bits per heavy atom. The van der Waals surface area contributed by atoms with E-state index in [0.717, 1.165) is 12.8 Å². The molecule has 4 rings (SSSR count). The van der Waals surface area contributed by atoms with E-state index >= 15 is 0 Å². The number of rotatable bonds is 6. The Morgan fingerprint density at radius 3 is 2.32 bits per heavy atom. The maximum absolute atomic E-state index is 12.5. The van der Waals surface area contributed by atoms with Gasteiger partial charge >= 0.3 is 0 Å². The highest BCUT2D eigenvalue weighted by atomic mass is 16.2. The van der Waals surface area contributed by atoms with Gasteiger partial charge in [0.05, 0.1) is 11.8 Å². The summed E-state index contributed by atoms with van der Waals surface area (Å²) in [6.07, 6.45) is 6.04. The molecule has 4 atom stereocenters. The molecule has 25 heavy (non-hydrogen) atoms. The smallest absolute Gasteiger partial charge is 0.233 e. The lowest BCUT2D eigenvalue weighted by molar-refractivity contribution is -0.141. The zero-order valence-electron chi connectivity index (χ0n) is 14.1. The van der Waals surface area contributed by atoms with Gasteiger partial charge in [0.2, 0.25) is 17.7 Å². The minimum Gasteiger partial charge on any atom is -0.356 e. The summed E-state index contributed by atoms with van der Waals surface area (Å²) in [4.78, 5) is 38.4. The third-order valence-electron chi connectivity index (χ3n) is 5.70.